The van der Waals surface area contributed by atoms with Gasteiger partial charge in [0.25, 0.3) is 0 Å². The molecule has 0 aromatic rings. The number of nitrogens with zero attached hydrogens (tertiary/aromatic N) is 1. The molecule has 2 saturated heterocycles. The SMILES string of the molecule is CCC1CC(=O)N(CC2CCCNC2)C1. The van der Waals surface area contributed by atoms with E-state index in [2.05, 4.69) is 17.1 Å². The van der Waals surface area contributed by atoms with E-state index in [1.54, 1.807) is 0 Å². The summed E-state index contributed by atoms with van der Waals surface area (Å²) < 4.78 is 0. The Labute approximate surface area is 92.2 Å². The largest absolute Gasteiger partial charge is 0.342 e. The van der Waals surface area contributed by atoms with E-state index in [-0.39, 0.29) is 0 Å². The number of amides is 1. The highest BCUT2D eigenvalue weighted by Gasteiger charge is 2.30. The van der Waals surface area contributed by atoms with Gasteiger partial charge in [0.15, 0.2) is 0 Å². The first-order valence-corrected chi connectivity index (χ1v) is 6.28. The smallest absolute Gasteiger partial charge is 0.222 e. The molecule has 1 amide bonds. The van der Waals surface area contributed by atoms with E-state index >= 15 is 0 Å². The quantitative estimate of drug-likeness (QED) is 0.760. The van der Waals surface area contributed by atoms with Crippen LogP contribution in [-0.2, 0) is 4.79 Å². The molecule has 0 spiro atoms. The van der Waals surface area contributed by atoms with E-state index in [0.717, 1.165) is 39.0 Å². The third kappa shape index (κ3) is 2.71. The first-order chi connectivity index (χ1) is 7.29. The number of rotatable bonds is 3. The minimum Gasteiger partial charge on any atom is -0.342 e. The summed E-state index contributed by atoms with van der Waals surface area (Å²) in [5, 5.41) is 3.41. The standard InChI is InChI=1S/C12H22N2O/c1-2-10-6-12(15)14(8-10)9-11-4-3-5-13-7-11/h10-11,13H,2-9H2,1H3. The van der Waals surface area contributed by atoms with Gasteiger partial charge in [-0.3, -0.25) is 4.79 Å². The van der Waals surface area contributed by atoms with Crippen LogP contribution in [0.1, 0.15) is 32.6 Å². The molecule has 2 heterocycles. The number of carbonyl (C=O) groups is 1. The van der Waals surface area contributed by atoms with E-state index in [1.165, 1.54) is 12.8 Å². The van der Waals surface area contributed by atoms with Crippen LogP contribution in [0, 0.1) is 11.8 Å². The molecule has 2 aliphatic heterocycles. The Bertz CT molecular complexity index is 224. The molecule has 15 heavy (non-hydrogen) atoms. The summed E-state index contributed by atoms with van der Waals surface area (Å²) >= 11 is 0. The third-order valence-corrected chi connectivity index (χ3v) is 3.75. The van der Waals surface area contributed by atoms with Crippen molar-refractivity contribution in [2.45, 2.75) is 32.6 Å². The number of carbonyl (C=O) groups excluding carboxylic acids is 1. The molecule has 0 saturated carbocycles. The molecule has 0 radical (unpaired) electrons. The second kappa shape index (κ2) is 4.97. The summed E-state index contributed by atoms with van der Waals surface area (Å²) in [6, 6.07) is 0. The third-order valence-electron chi connectivity index (χ3n) is 3.75. The fourth-order valence-corrected chi connectivity index (χ4v) is 2.70. The molecule has 2 fully saturated rings. The molecule has 2 atom stereocenters. The van der Waals surface area contributed by atoms with Crippen molar-refractivity contribution in [3.8, 4) is 0 Å². The highest BCUT2D eigenvalue weighted by atomic mass is 16.2. The van der Waals surface area contributed by atoms with E-state index < -0.39 is 0 Å². The summed E-state index contributed by atoms with van der Waals surface area (Å²) in [7, 11) is 0. The van der Waals surface area contributed by atoms with Crippen molar-refractivity contribution >= 4 is 5.91 Å². The lowest BCUT2D eigenvalue weighted by Gasteiger charge is -2.27. The van der Waals surface area contributed by atoms with E-state index in [1.807, 2.05) is 0 Å². The lowest BCUT2D eigenvalue weighted by molar-refractivity contribution is -0.128. The fraction of sp³-hybridized carbons (Fsp3) is 0.917. The van der Waals surface area contributed by atoms with Gasteiger partial charge in [0.1, 0.15) is 0 Å². The van der Waals surface area contributed by atoms with Gasteiger partial charge in [-0.05, 0) is 37.8 Å². The normalized spacial score (nSPS) is 32.3. The summed E-state index contributed by atoms with van der Waals surface area (Å²) in [5.41, 5.74) is 0. The van der Waals surface area contributed by atoms with Crippen LogP contribution in [0.5, 0.6) is 0 Å². The second-order valence-corrected chi connectivity index (χ2v) is 4.99. The molecule has 0 bridgehead atoms. The monoisotopic (exact) mass is 210 g/mol. The first kappa shape index (κ1) is 10.9. The average molecular weight is 210 g/mol. The van der Waals surface area contributed by atoms with Gasteiger partial charge in [-0.25, -0.2) is 0 Å². The maximum atomic E-state index is 11.7. The molecular weight excluding hydrogens is 188 g/mol. The summed E-state index contributed by atoms with van der Waals surface area (Å²) in [5.74, 6) is 1.69. The Balaban J connectivity index is 1.81. The van der Waals surface area contributed by atoms with Crippen molar-refractivity contribution in [2.75, 3.05) is 26.2 Å². The van der Waals surface area contributed by atoms with Crippen LogP contribution >= 0.6 is 0 Å². The Morgan fingerprint density at radius 1 is 1.47 bits per heavy atom. The summed E-state index contributed by atoms with van der Waals surface area (Å²) in [6.45, 7) is 6.43. The zero-order valence-electron chi connectivity index (χ0n) is 9.67. The maximum absolute atomic E-state index is 11.7. The lowest BCUT2D eigenvalue weighted by Crippen LogP contribution is -2.38. The Morgan fingerprint density at radius 3 is 2.93 bits per heavy atom. The van der Waals surface area contributed by atoms with Crippen LogP contribution in [0.15, 0.2) is 0 Å². The second-order valence-electron chi connectivity index (χ2n) is 4.99. The van der Waals surface area contributed by atoms with E-state index in [4.69, 9.17) is 0 Å². The van der Waals surface area contributed by atoms with Crippen molar-refractivity contribution in [3.05, 3.63) is 0 Å². The first-order valence-electron chi connectivity index (χ1n) is 6.28. The molecular formula is C12H22N2O. The molecule has 3 heteroatoms. The van der Waals surface area contributed by atoms with Crippen molar-refractivity contribution in [2.24, 2.45) is 11.8 Å². The van der Waals surface area contributed by atoms with Gasteiger partial charge >= 0.3 is 0 Å². The van der Waals surface area contributed by atoms with Gasteiger partial charge in [0.05, 0.1) is 0 Å². The summed E-state index contributed by atoms with van der Waals surface area (Å²) in [6.07, 6.45) is 4.49. The molecule has 2 rings (SSSR count). The zero-order valence-corrected chi connectivity index (χ0v) is 9.67. The number of hydrogen-bond donors (Lipinski definition) is 1. The number of hydrogen-bond acceptors (Lipinski definition) is 2. The van der Waals surface area contributed by atoms with Gasteiger partial charge in [-0.15, -0.1) is 0 Å². The van der Waals surface area contributed by atoms with Crippen LogP contribution < -0.4 is 5.32 Å². The molecule has 0 aromatic carbocycles. The van der Waals surface area contributed by atoms with E-state index in [0.29, 0.717) is 17.7 Å². The fourth-order valence-electron chi connectivity index (χ4n) is 2.70. The van der Waals surface area contributed by atoms with Crippen molar-refractivity contribution in [3.63, 3.8) is 0 Å². The van der Waals surface area contributed by atoms with Crippen molar-refractivity contribution in [1.29, 1.82) is 0 Å². The zero-order chi connectivity index (χ0) is 10.7. The molecule has 2 aliphatic rings. The molecule has 2 unspecified atom stereocenters. The minimum absolute atomic E-state index is 0.382. The van der Waals surface area contributed by atoms with Gasteiger partial charge in [-0.2, -0.15) is 0 Å². The van der Waals surface area contributed by atoms with Crippen LogP contribution in [0.3, 0.4) is 0 Å². The van der Waals surface area contributed by atoms with Crippen LogP contribution in [0.25, 0.3) is 0 Å². The molecule has 1 N–H and O–H groups in total. The van der Waals surface area contributed by atoms with E-state index in [9.17, 15) is 4.79 Å². The van der Waals surface area contributed by atoms with Gasteiger partial charge in [0.2, 0.25) is 5.91 Å². The van der Waals surface area contributed by atoms with Crippen LogP contribution in [0.2, 0.25) is 0 Å². The highest BCUT2D eigenvalue weighted by molar-refractivity contribution is 5.78. The topological polar surface area (TPSA) is 32.3 Å². The maximum Gasteiger partial charge on any atom is 0.222 e. The molecule has 86 valence electrons. The Morgan fingerprint density at radius 2 is 2.33 bits per heavy atom. The van der Waals surface area contributed by atoms with Crippen molar-refractivity contribution < 1.29 is 4.79 Å². The van der Waals surface area contributed by atoms with Crippen LogP contribution in [-0.4, -0.2) is 37.0 Å². The lowest BCUT2D eigenvalue weighted by atomic mass is 9.99. The Hall–Kier alpha value is -0.570. The van der Waals surface area contributed by atoms with Crippen molar-refractivity contribution in [1.82, 2.24) is 10.2 Å². The molecule has 0 aliphatic carbocycles. The Kier molecular flexibility index (Phi) is 3.62. The van der Waals surface area contributed by atoms with Gasteiger partial charge in [0, 0.05) is 19.5 Å². The number of nitrogens with one attached hydrogen (secondary N) is 1. The van der Waals surface area contributed by atoms with Crippen LogP contribution in [0.4, 0.5) is 0 Å². The van der Waals surface area contributed by atoms with Gasteiger partial charge < -0.3 is 10.2 Å². The molecule has 0 aromatic heterocycles. The van der Waals surface area contributed by atoms with Gasteiger partial charge in [-0.1, -0.05) is 13.3 Å². The average Bonchev–Trinajstić information content (AvgIpc) is 2.61. The summed E-state index contributed by atoms with van der Waals surface area (Å²) in [4.78, 5) is 13.8. The highest BCUT2D eigenvalue weighted by Crippen LogP contribution is 2.22. The minimum atomic E-state index is 0.382. The predicted molar refractivity (Wildman–Crippen MR) is 60.6 cm³/mol. The number of piperidine rings is 1. The molecule has 3 nitrogen and oxygen atoms in total. The predicted octanol–water partition coefficient (Wildman–Crippen LogP) is 1.24. The number of likely N-dealkylation sites (tertiary alicyclic amines) is 1.